The summed E-state index contributed by atoms with van der Waals surface area (Å²) in [4.78, 5) is 44.3. The molecule has 208 valence electrons. The largest absolute Gasteiger partial charge is 0.344 e. The van der Waals surface area contributed by atoms with Gasteiger partial charge in [0.15, 0.2) is 0 Å². The Labute approximate surface area is 236 Å². The molecule has 7 nitrogen and oxygen atoms in total. The zero-order valence-electron chi connectivity index (χ0n) is 23.1. The van der Waals surface area contributed by atoms with Gasteiger partial charge in [0.1, 0.15) is 6.04 Å². The number of benzene rings is 2. The van der Waals surface area contributed by atoms with Gasteiger partial charge in [0.05, 0.1) is 5.41 Å². The van der Waals surface area contributed by atoms with Gasteiger partial charge in [-0.3, -0.25) is 14.4 Å². The SMILES string of the molecule is CN[C@@H]1CC[C@H](C(=O)N[C@@H](Cc2ccccc2Cl)C(=O)N2CCC(N3C(=O)C(C)(C)c4ccccc43)CC2)C1. The maximum atomic E-state index is 13.9. The monoisotopic (exact) mass is 550 g/mol. The molecule has 2 aromatic rings. The van der Waals surface area contributed by atoms with E-state index in [1.165, 1.54) is 0 Å². The number of anilines is 1. The first kappa shape index (κ1) is 27.7. The van der Waals surface area contributed by atoms with Crippen LogP contribution in [-0.2, 0) is 26.2 Å². The third kappa shape index (κ3) is 5.44. The Bertz CT molecular complexity index is 1240. The smallest absolute Gasteiger partial charge is 0.245 e. The fraction of sp³-hybridized carbons (Fsp3) is 0.516. The number of halogens is 1. The molecule has 2 aromatic carbocycles. The van der Waals surface area contributed by atoms with E-state index in [1.807, 2.05) is 79.2 Å². The van der Waals surface area contributed by atoms with E-state index in [0.29, 0.717) is 43.4 Å². The van der Waals surface area contributed by atoms with Gasteiger partial charge >= 0.3 is 0 Å². The van der Waals surface area contributed by atoms with E-state index in [0.717, 1.165) is 36.1 Å². The molecule has 2 heterocycles. The Balaban J connectivity index is 1.29. The highest BCUT2D eigenvalue weighted by Crippen LogP contribution is 2.43. The second kappa shape index (κ2) is 11.3. The van der Waals surface area contributed by atoms with Crippen LogP contribution in [0.25, 0.3) is 0 Å². The number of rotatable bonds is 7. The third-order valence-corrected chi connectivity index (χ3v) is 9.31. The molecule has 0 radical (unpaired) electrons. The fourth-order valence-corrected chi connectivity index (χ4v) is 6.73. The lowest BCUT2D eigenvalue weighted by molar-refractivity contribution is -0.138. The molecule has 1 saturated carbocycles. The molecule has 1 saturated heterocycles. The zero-order chi connectivity index (χ0) is 27.7. The summed E-state index contributed by atoms with van der Waals surface area (Å²) in [6.07, 6.45) is 4.29. The van der Waals surface area contributed by atoms with Crippen molar-refractivity contribution < 1.29 is 14.4 Å². The van der Waals surface area contributed by atoms with E-state index < -0.39 is 11.5 Å². The Kier molecular flexibility index (Phi) is 8.01. The summed E-state index contributed by atoms with van der Waals surface area (Å²) in [5.74, 6) is -0.124. The first-order valence-electron chi connectivity index (χ1n) is 14.1. The number of carbonyl (C=O) groups excluding carboxylic acids is 3. The van der Waals surface area contributed by atoms with Crippen LogP contribution in [0.1, 0.15) is 57.1 Å². The van der Waals surface area contributed by atoms with Crippen LogP contribution in [0.5, 0.6) is 0 Å². The Hall–Kier alpha value is -2.90. The summed E-state index contributed by atoms with van der Waals surface area (Å²) in [5.41, 5.74) is 2.33. The van der Waals surface area contributed by atoms with Crippen LogP contribution in [0.4, 0.5) is 5.69 Å². The molecule has 2 fully saturated rings. The molecule has 0 spiro atoms. The molecule has 3 aliphatic rings. The number of hydrogen-bond donors (Lipinski definition) is 2. The number of likely N-dealkylation sites (tertiary alicyclic amines) is 1. The highest BCUT2D eigenvalue weighted by atomic mass is 35.5. The number of fused-ring (bicyclic) bond motifs is 1. The normalized spacial score (nSPS) is 23.5. The molecule has 1 aliphatic carbocycles. The summed E-state index contributed by atoms with van der Waals surface area (Å²) >= 11 is 6.45. The van der Waals surface area contributed by atoms with Crippen LogP contribution in [0.2, 0.25) is 5.02 Å². The molecule has 8 heteroatoms. The molecule has 0 bridgehead atoms. The summed E-state index contributed by atoms with van der Waals surface area (Å²) in [7, 11) is 1.92. The molecule has 5 rings (SSSR count). The van der Waals surface area contributed by atoms with Gasteiger partial charge in [-0.15, -0.1) is 0 Å². The first-order chi connectivity index (χ1) is 18.7. The van der Waals surface area contributed by atoms with Gasteiger partial charge in [0.2, 0.25) is 17.7 Å². The van der Waals surface area contributed by atoms with Crippen molar-refractivity contribution in [2.75, 3.05) is 25.0 Å². The fourth-order valence-electron chi connectivity index (χ4n) is 6.52. The second-order valence-electron chi connectivity index (χ2n) is 11.7. The highest BCUT2D eigenvalue weighted by molar-refractivity contribution is 6.31. The van der Waals surface area contributed by atoms with Crippen LogP contribution in [0.15, 0.2) is 48.5 Å². The van der Waals surface area contributed by atoms with Crippen LogP contribution >= 0.6 is 11.6 Å². The summed E-state index contributed by atoms with van der Waals surface area (Å²) in [6.45, 7) is 5.04. The number of para-hydroxylation sites is 1. The van der Waals surface area contributed by atoms with Gasteiger partial charge in [0, 0.05) is 48.2 Å². The van der Waals surface area contributed by atoms with Gasteiger partial charge in [-0.2, -0.15) is 0 Å². The zero-order valence-corrected chi connectivity index (χ0v) is 23.8. The second-order valence-corrected chi connectivity index (χ2v) is 12.1. The molecular weight excluding hydrogens is 512 g/mol. The molecule has 3 amide bonds. The summed E-state index contributed by atoms with van der Waals surface area (Å²) in [6, 6.07) is 15.2. The van der Waals surface area contributed by atoms with Crippen molar-refractivity contribution in [3.63, 3.8) is 0 Å². The maximum Gasteiger partial charge on any atom is 0.245 e. The van der Waals surface area contributed by atoms with Gasteiger partial charge in [-0.1, -0.05) is 48.0 Å². The molecule has 0 aromatic heterocycles. The topological polar surface area (TPSA) is 81.8 Å². The van der Waals surface area contributed by atoms with E-state index in [2.05, 4.69) is 10.6 Å². The van der Waals surface area contributed by atoms with E-state index in [9.17, 15) is 14.4 Å². The molecule has 2 N–H and O–H groups in total. The Morgan fingerprint density at radius 3 is 2.41 bits per heavy atom. The van der Waals surface area contributed by atoms with Crippen molar-refractivity contribution in [3.8, 4) is 0 Å². The minimum Gasteiger partial charge on any atom is -0.344 e. The lowest BCUT2D eigenvalue weighted by atomic mass is 9.86. The number of carbonyl (C=O) groups is 3. The Morgan fingerprint density at radius 1 is 1.03 bits per heavy atom. The quantitative estimate of drug-likeness (QED) is 0.544. The van der Waals surface area contributed by atoms with Crippen molar-refractivity contribution in [2.45, 2.75) is 75.9 Å². The van der Waals surface area contributed by atoms with Gasteiger partial charge < -0.3 is 20.4 Å². The standard InChI is InChI=1S/C31H39ClN4O3/c1-31(2)24-9-5-7-11-27(24)36(30(31)39)23-14-16-35(17-15-23)29(38)26(19-20-8-4-6-10-25(20)32)34-28(37)21-12-13-22(18-21)33-3/h4-11,21-23,26,33H,12-19H2,1-3H3,(H,34,37)/t21-,22+,26-/m0/s1. The van der Waals surface area contributed by atoms with Gasteiger partial charge in [-0.25, -0.2) is 0 Å². The van der Waals surface area contributed by atoms with Gasteiger partial charge in [-0.05, 0) is 76.3 Å². The van der Waals surface area contributed by atoms with Crippen LogP contribution in [-0.4, -0.2) is 60.9 Å². The molecule has 39 heavy (non-hydrogen) atoms. The van der Waals surface area contributed by atoms with E-state index in [1.54, 1.807) is 0 Å². The third-order valence-electron chi connectivity index (χ3n) is 8.94. The van der Waals surface area contributed by atoms with Crippen molar-refractivity contribution in [2.24, 2.45) is 5.92 Å². The minimum absolute atomic E-state index is 0.0399. The molecular formula is C31H39ClN4O3. The van der Waals surface area contributed by atoms with E-state index >= 15 is 0 Å². The average Bonchev–Trinajstić information content (AvgIpc) is 3.50. The van der Waals surface area contributed by atoms with Gasteiger partial charge in [0.25, 0.3) is 0 Å². The predicted octanol–water partition coefficient (Wildman–Crippen LogP) is 4.07. The Morgan fingerprint density at radius 2 is 1.72 bits per heavy atom. The molecule has 2 aliphatic heterocycles. The lowest BCUT2D eigenvalue weighted by Gasteiger charge is -2.39. The average molecular weight is 551 g/mol. The molecule has 0 unspecified atom stereocenters. The lowest BCUT2D eigenvalue weighted by Crippen LogP contribution is -2.55. The van der Waals surface area contributed by atoms with Crippen LogP contribution < -0.4 is 15.5 Å². The van der Waals surface area contributed by atoms with Crippen molar-refractivity contribution in [1.82, 2.24) is 15.5 Å². The number of hydrogen-bond acceptors (Lipinski definition) is 4. The van der Waals surface area contributed by atoms with Crippen molar-refractivity contribution in [1.29, 1.82) is 0 Å². The number of amides is 3. The van der Waals surface area contributed by atoms with E-state index in [4.69, 9.17) is 11.6 Å². The first-order valence-corrected chi connectivity index (χ1v) is 14.5. The number of nitrogens with zero attached hydrogens (tertiary/aromatic N) is 2. The van der Waals surface area contributed by atoms with E-state index in [-0.39, 0.29) is 29.7 Å². The highest BCUT2D eigenvalue weighted by Gasteiger charge is 2.47. The van der Waals surface area contributed by atoms with Crippen molar-refractivity contribution in [3.05, 3.63) is 64.7 Å². The van der Waals surface area contributed by atoms with Crippen LogP contribution in [0.3, 0.4) is 0 Å². The number of piperidine rings is 1. The summed E-state index contributed by atoms with van der Waals surface area (Å²) < 4.78 is 0. The minimum atomic E-state index is -0.685. The maximum absolute atomic E-state index is 13.9. The predicted molar refractivity (Wildman–Crippen MR) is 154 cm³/mol. The summed E-state index contributed by atoms with van der Waals surface area (Å²) in [5, 5.41) is 6.95. The van der Waals surface area contributed by atoms with Crippen LogP contribution in [0, 0.1) is 5.92 Å². The van der Waals surface area contributed by atoms with Crippen molar-refractivity contribution >= 4 is 35.0 Å². The molecule has 3 atom stereocenters. The number of nitrogens with one attached hydrogen (secondary N) is 2.